The Bertz CT molecular complexity index is 1010. The number of nitrogens with one attached hydrogen (secondary N) is 1. The number of methoxy groups -OCH3 is 3. The number of urea groups is 1. The topological polar surface area (TPSA) is 107 Å². The number of ether oxygens (including phenoxy) is 3. The summed E-state index contributed by atoms with van der Waals surface area (Å²) in [5.41, 5.74) is 1.48. The zero-order valence-corrected chi connectivity index (χ0v) is 16.4. The molecule has 1 aliphatic rings. The van der Waals surface area contributed by atoms with Crippen molar-refractivity contribution in [2.75, 3.05) is 21.3 Å². The summed E-state index contributed by atoms with van der Waals surface area (Å²) < 4.78 is 20.6. The summed E-state index contributed by atoms with van der Waals surface area (Å²) >= 11 is 0. The van der Waals surface area contributed by atoms with Gasteiger partial charge in [0.15, 0.2) is 0 Å². The molecule has 1 aliphatic heterocycles. The number of esters is 1. The van der Waals surface area contributed by atoms with Crippen molar-refractivity contribution in [2.45, 2.75) is 13.5 Å². The van der Waals surface area contributed by atoms with E-state index in [0.29, 0.717) is 17.1 Å². The van der Waals surface area contributed by atoms with Gasteiger partial charge in [0.1, 0.15) is 23.0 Å². The van der Waals surface area contributed by atoms with Gasteiger partial charge < -0.3 is 23.9 Å². The molecule has 1 aromatic heterocycles. The number of imide groups is 1. The van der Waals surface area contributed by atoms with Crippen LogP contribution in [0.5, 0.6) is 11.5 Å². The molecule has 0 spiro atoms. The van der Waals surface area contributed by atoms with Gasteiger partial charge in [0.25, 0.3) is 5.91 Å². The van der Waals surface area contributed by atoms with Gasteiger partial charge in [0, 0.05) is 11.1 Å². The number of hydrogen-bond donors (Lipinski definition) is 1. The monoisotopic (exact) mass is 400 g/mol. The van der Waals surface area contributed by atoms with Crippen molar-refractivity contribution in [2.24, 2.45) is 0 Å². The lowest BCUT2D eigenvalue weighted by Crippen LogP contribution is -2.30. The van der Waals surface area contributed by atoms with E-state index in [1.807, 2.05) is 6.92 Å². The van der Waals surface area contributed by atoms with E-state index in [1.165, 1.54) is 32.4 Å². The van der Waals surface area contributed by atoms with Gasteiger partial charge >= 0.3 is 12.0 Å². The van der Waals surface area contributed by atoms with E-state index < -0.39 is 17.9 Å². The average molecular weight is 400 g/mol. The lowest BCUT2D eigenvalue weighted by molar-refractivity contribution is -0.123. The predicted molar refractivity (Wildman–Crippen MR) is 101 cm³/mol. The molecule has 0 radical (unpaired) electrons. The van der Waals surface area contributed by atoms with Crippen molar-refractivity contribution in [3.8, 4) is 11.5 Å². The maximum atomic E-state index is 12.7. The normalized spacial score (nSPS) is 14.9. The van der Waals surface area contributed by atoms with Crippen LogP contribution >= 0.6 is 0 Å². The molecule has 0 bridgehead atoms. The van der Waals surface area contributed by atoms with Gasteiger partial charge in [-0.3, -0.25) is 9.69 Å². The standard InChI is InChI=1S/C20H20N2O7/c1-11-15(26-2)7-5-12(17(11)27-3)9-14-18(23)22(20(25)21-14)10-13-6-8-16(29-13)19(24)28-4/h5-9H,10H2,1-4H3,(H,21,25)/b14-9-. The third kappa shape index (κ3) is 3.79. The third-order valence-corrected chi connectivity index (χ3v) is 4.44. The predicted octanol–water partition coefficient (Wildman–Crippen LogP) is 2.48. The van der Waals surface area contributed by atoms with E-state index in [2.05, 4.69) is 10.1 Å². The van der Waals surface area contributed by atoms with Gasteiger partial charge in [0.05, 0.1) is 27.9 Å². The van der Waals surface area contributed by atoms with E-state index in [9.17, 15) is 14.4 Å². The zero-order chi connectivity index (χ0) is 21.1. The highest BCUT2D eigenvalue weighted by atomic mass is 16.5. The Labute approximate surface area is 166 Å². The molecular weight excluding hydrogens is 380 g/mol. The van der Waals surface area contributed by atoms with E-state index in [1.54, 1.807) is 19.2 Å². The second-order valence-corrected chi connectivity index (χ2v) is 6.15. The Morgan fingerprint density at radius 3 is 2.55 bits per heavy atom. The molecule has 3 rings (SSSR count). The number of hydrogen-bond acceptors (Lipinski definition) is 7. The minimum atomic E-state index is -0.643. The minimum Gasteiger partial charge on any atom is -0.496 e. The van der Waals surface area contributed by atoms with Crippen molar-refractivity contribution in [1.82, 2.24) is 10.2 Å². The fourth-order valence-corrected chi connectivity index (χ4v) is 3.00. The highest BCUT2D eigenvalue weighted by Gasteiger charge is 2.34. The van der Waals surface area contributed by atoms with E-state index >= 15 is 0 Å². The second-order valence-electron chi connectivity index (χ2n) is 6.15. The van der Waals surface area contributed by atoms with Crippen LogP contribution in [0.25, 0.3) is 6.08 Å². The Morgan fingerprint density at radius 2 is 1.90 bits per heavy atom. The third-order valence-electron chi connectivity index (χ3n) is 4.44. The molecule has 2 heterocycles. The molecular formula is C20H20N2O7. The molecule has 0 unspecified atom stereocenters. The van der Waals surface area contributed by atoms with Crippen LogP contribution in [0, 0.1) is 6.92 Å². The van der Waals surface area contributed by atoms with Crippen LogP contribution in [0.4, 0.5) is 4.79 Å². The van der Waals surface area contributed by atoms with Crippen LogP contribution in [-0.4, -0.2) is 44.1 Å². The number of rotatable bonds is 6. The highest BCUT2D eigenvalue weighted by molar-refractivity contribution is 6.14. The van der Waals surface area contributed by atoms with Crippen LogP contribution < -0.4 is 14.8 Å². The summed E-state index contributed by atoms with van der Waals surface area (Å²) in [4.78, 5) is 37.4. The average Bonchev–Trinajstić information content (AvgIpc) is 3.28. The van der Waals surface area contributed by atoms with Crippen molar-refractivity contribution in [3.05, 3.63) is 52.6 Å². The van der Waals surface area contributed by atoms with Gasteiger partial charge in [0.2, 0.25) is 5.76 Å². The molecule has 2 aromatic rings. The van der Waals surface area contributed by atoms with Crippen molar-refractivity contribution in [1.29, 1.82) is 0 Å². The van der Waals surface area contributed by atoms with Crippen molar-refractivity contribution in [3.63, 3.8) is 0 Å². The first-order valence-electron chi connectivity index (χ1n) is 8.62. The lowest BCUT2D eigenvalue weighted by Gasteiger charge is -2.12. The Balaban J connectivity index is 1.84. The van der Waals surface area contributed by atoms with Crippen LogP contribution in [0.1, 0.15) is 27.4 Å². The molecule has 29 heavy (non-hydrogen) atoms. The van der Waals surface area contributed by atoms with Crippen LogP contribution in [0.2, 0.25) is 0 Å². The first-order valence-corrected chi connectivity index (χ1v) is 8.62. The molecule has 1 N–H and O–H groups in total. The maximum absolute atomic E-state index is 12.7. The summed E-state index contributed by atoms with van der Waals surface area (Å²) in [6, 6.07) is 5.81. The number of nitrogens with zero attached hydrogens (tertiary/aromatic N) is 1. The SMILES string of the molecule is COC(=O)c1ccc(CN2C(=O)N/C(=C\c3ccc(OC)c(C)c3OC)C2=O)o1. The number of amides is 3. The van der Waals surface area contributed by atoms with Gasteiger partial charge in [-0.2, -0.15) is 0 Å². The Kier molecular flexibility index (Phi) is 5.58. The largest absolute Gasteiger partial charge is 0.496 e. The molecule has 1 aromatic carbocycles. The van der Waals surface area contributed by atoms with Crippen LogP contribution in [0.3, 0.4) is 0 Å². The summed E-state index contributed by atoms with van der Waals surface area (Å²) in [7, 11) is 4.30. The molecule has 0 atom stereocenters. The van der Waals surface area contributed by atoms with Crippen molar-refractivity contribution >= 4 is 24.0 Å². The van der Waals surface area contributed by atoms with Gasteiger partial charge in [-0.1, -0.05) is 0 Å². The lowest BCUT2D eigenvalue weighted by atomic mass is 10.1. The van der Waals surface area contributed by atoms with Crippen molar-refractivity contribution < 1.29 is 33.0 Å². The first kappa shape index (κ1) is 20.0. The number of furan rings is 1. The molecule has 1 saturated heterocycles. The summed E-state index contributed by atoms with van der Waals surface area (Å²) in [5, 5.41) is 2.54. The number of carbonyl (C=O) groups excluding carboxylic acids is 3. The molecule has 9 heteroatoms. The van der Waals surface area contributed by atoms with Gasteiger partial charge in [-0.05, 0) is 37.3 Å². The number of carbonyl (C=O) groups is 3. The fourth-order valence-electron chi connectivity index (χ4n) is 3.00. The second kappa shape index (κ2) is 8.09. The van der Waals surface area contributed by atoms with E-state index in [4.69, 9.17) is 13.9 Å². The number of benzene rings is 1. The fraction of sp³-hybridized carbons (Fsp3) is 0.250. The van der Waals surface area contributed by atoms with E-state index in [-0.39, 0.29) is 23.8 Å². The maximum Gasteiger partial charge on any atom is 0.373 e. The van der Waals surface area contributed by atoms with Gasteiger partial charge in [-0.15, -0.1) is 0 Å². The highest BCUT2D eigenvalue weighted by Crippen LogP contribution is 2.33. The first-order chi connectivity index (χ1) is 13.9. The molecule has 1 fully saturated rings. The molecule has 152 valence electrons. The van der Waals surface area contributed by atoms with Gasteiger partial charge in [-0.25, -0.2) is 9.59 Å². The minimum absolute atomic E-state index is 0.0104. The zero-order valence-electron chi connectivity index (χ0n) is 16.4. The smallest absolute Gasteiger partial charge is 0.373 e. The Morgan fingerprint density at radius 1 is 1.14 bits per heavy atom. The van der Waals surface area contributed by atoms with E-state index in [0.717, 1.165) is 10.5 Å². The summed E-state index contributed by atoms with van der Waals surface area (Å²) in [5.74, 6) is 0.270. The Hall–Kier alpha value is -3.75. The quantitative estimate of drug-likeness (QED) is 0.451. The summed E-state index contributed by atoms with van der Waals surface area (Å²) in [6.45, 7) is 1.70. The molecule has 3 amide bonds. The van der Waals surface area contributed by atoms with Crippen LogP contribution in [0.15, 0.2) is 34.4 Å². The van der Waals surface area contributed by atoms with Crippen LogP contribution in [-0.2, 0) is 16.1 Å². The molecule has 0 aliphatic carbocycles. The molecule has 0 saturated carbocycles. The molecule has 9 nitrogen and oxygen atoms in total. The summed E-state index contributed by atoms with van der Waals surface area (Å²) in [6.07, 6.45) is 1.54.